The molecule has 58 heavy (non-hydrogen) atoms. The first-order valence-corrected chi connectivity index (χ1v) is 21.5. The highest BCUT2D eigenvalue weighted by Gasteiger charge is 2.22. The third-order valence-corrected chi connectivity index (χ3v) is 9.19. The average Bonchev–Trinajstić information content (AvgIpc) is 3.19. The Morgan fingerprint density at radius 1 is 0.448 bits per heavy atom. The Labute approximate surface area is 346 Å². The number of carboxylic acids is 2. The normalized spacial score (nSPS) is 11.7. The number of Topliss-reactive ketones (excluding diaryl/α,β-unsaturated/α-hetero) is 2. The lowest BCUT2D eigenvalue weighted by Crippen LogP contribution is -2.31. The number of amides is 2. The predicted molar refractivity (Wildman–Crippen MR) is 218 cm³/mol. The monoisotopic (exact) mass is 833 g/mol. The number of ether oxygens (including phenoxy) is 6. The van der Waals surface area contributed by atoms with E-state index in [0.29, 0.717) is 58.8 Å². The Kier molecular flexibility index (Phi) is 39.9. The van der Waals surface area contributed by atoms with Crippen LogP contribution in [0.3, 0.4) is 0 Å². The van der Waals surface area contributed by atoms with Crippen LogP contribution >= 0.6 is 0 Å². The molecule has 1 atom stereocenters. The number of hydrogen-bond donors (Lipinski definition) is 4. The summed E-state index contributed by atoms with van der Waals surface area (Å²) in [6.45, 7) is 3.59. The third-order valence-electron chi connectivity index (χ3n) is 9.19. The fourth-order valence-electron chi connectivity index (χ4n) is 5.86. The molecule has 0 aliphatic rings. The van der Waals surface area contributed by atoms with Crippen LogP contribution < -0.4 is 10.6 Å². The third kappa shape index (κ3) is 41.2. The van der Waals surface area contributed by atoms with Gasteiger partial charge in [0.2, 0.25) is 11.8 Å². The number of carbonyl (C=O) groups excluding carboxylic acids is 4. The van der Waals surface area contributed by atoms with Crippen molar-refractivity contribution in [3.05, 3.63) is 0 Å². The lowest BCUT2D eigenvalue weighted by atomic mass is 9.94. The second-order valence-corrected chi connectivity index (χ2v) is 14.4. The van der Waals surface area contributed by atoms with Crippen molar-refractivity contribution in [3.8, 4) is 0 Å². The molecule has 0 radical (unpaired) electrons. The second kappa shape index (κ2) is 42.1. The molecule has 338 valence electrons. The van der Waals surface area contributed by atoms with E-state index in [2.05, 4.69) is 10.6 Å². The zero-order valence-electron chi connectivity index (χ0n) is 35.4. The minimum Gasteiger partial charge on any atom is -0.481 e. The van der Waals surface area contributed by atoms with Gasteiger partial charge in [0.1, 0.15) is 19.0 Å². The van der Waals surface area contributed by atoms with Gasteiger partial charge in [-0.2, -0.15) is 0 Å². The van der Waals surface area contributed by atoms with Crippen molar-refractivity contribution in [2.24, 2.45) is 5.92 Å². The van der Waals surface area contributed by atoms with Crippen molar-refractivity contribution in [1.82, 2.24) is 10.6 Å². The number of rotatable bonds is 46. The van der Waals surface area contributed by atoms with Gasteiger partial charge < -0.3 is 49.3 Å². The van der Waals surface area contributed by atoms with Gasteiger partial charge >= 0.3 is 11.9 Å². The lowest BCUT2D eigenvalue weighted by molar-refractivity contribution is -0.144. The van der Waals surface area contributed by atoms with E-state index in [-0.39, 0.29) is 95.3 Å². The van der Waals surface area contributed by atoms with Gasteiger partial charge in [-0.3, -0.25) is 28.8 Å². The second-order valence-electron chi connectivity index (χ2n) is 14.4. The van der Waals surface area contributed by atoms with Crippen molar-refractivity contribution in [2.75, 3.05) is 92.9 Å². The quantitative estimate of drug-likeness (QED) is 0.0589. The summed E-state index contributed by atoms with van der Waals surface area (Å²) in [7, 11) is 1.59. The summed E-state index contributed by atoms with van der Waals surface area (Å²) >= 11 is 0. The van der Waals surface area contributed by atoms with E-state index in [1.165, 1.54) is 44.9 Å². The molecule has 0 saturated carbocycles. The molecule has 0 aliphatic carbocycles. The van der Waals surface area contributed by atoms with Gasteiger partial charge in [0.15, 0.2) is 5.78 Å². The molecule has 0 unspecified atom stereocenters. The highest BCUT2D eigenvalue weighted by Crippen LogP contribution is 2.17. The fourth-order valence-corrected chi connectivity index (χ4v) is 5.86. The Hall–Kier alpha value is -3.02. The van der Waals surface area contributed by atoms with Crippen LogP contribution in [0.1, 0.15) is 135 Å². The number of methoxy groups -OCH3 is 1. The summed E-state index contributed by atoms with van der Waals surface area (Å²) < 4.78 is 31.5. The van der Waals surface area contributed by atoms with Crippen molar-refractivity contribution in [2.45, 2.75) is 135 Å². The number of hydrogen-bond acceptors (Lipinski definition) is 12. The van der Waals surface area contributed by atoms with Gasteiger partial charge in [-0.1, -0.05) is 77.0 Å². The number of nitrogens with one attached hydrogen (secondary N) is 2. The number of ketones is 2. The first-order valence-electron chi connectivity index (χ1n) is 21.5. The summed E-state index contributed by atoms with van der Waals surface area (Å²) in [5.74, 6) is -3.33. The largest absolute Gasteiger partial charge is 0.481 e. The molecule has 0 aliphatic heterocycles. The topological polar surface area (TPSA) is 222 Å². The van der Waals surface area contributed by atoms with Crippen molar-refractivity contribution >= 4 is 35.3 Å². The number of aliphatic carboxylic acids is 2. The smallest absolute Gasteiger partial charge is 0.306 e. The Balaban J connectivity index is 3.63. The summed E-state index contributed by atoms with van der Waals surface area (Å²) in [4.78, 5) is 70.5. The van der Waals surface area contributed by atoms with E-state index >= 15 is 0 Å². The van der Waals surface area contributed by atoms with Crippen LogP contribution in [0.25, 0.3) is 0 Å². The molecular formula is C42H76N2O14. The highest BCUT2D eigenvalue weighted by molar-refractivity contribution is 5.84. The molecule has 0 bridgehead atoms. The van der Waals surface area contributed by atoms with Crippen LogP contribution in [0.15, 0.2) is 0 Å². The summed E-state index contributed by atoms with van der Waals surface area (Å²) in [6.07, 6.45) is 16.9. The minimum atomic E-state index is -1.07. The number of carbonyl (C=O) groups is 6. The van der Waals surface area contributed by atoms with Crippen LogP contribution in [0.5, 0.6) is 0 Å². The first-order chi connectivity index (χ1) is 28.1. The van der Waals surface area contributed by atoms with Crippen molar-refractivity contribution in [3.63, 3.8) is 0 Å². The summed E-state index contributed by atoms with van der Waals surface area (Å²) in [6, 6.07) is 0. The van der Waals surface area contributed by atoms with Crippen LogP contribution in [0.4, 0.5) is 0 Å². The molecule has 0 rings (SSSR count). The molecule has 16 heteroatoms. The van der Waals surface area contributed by atoms with Crippen LogP contribution in [0, 0.1) is 5.92 Å². The van der Waals surface area contributed by atoms with Crippen LogP contribution in [-0.2, 0) is 57.2 Å². The Morgan fingerprint density at radius 3 is 1.43 bits per heavy atom. The fraction of sp³-hybridized carbons (Fsp3) is 0.857. The maximum Gasteiger partial charge on any atom is 0.306 e. The van der Waals surface area contributed by atoms with Gasteiger partial charge in [-0.05, 0) is 25.7 Å². The molecule has 4 N–H and O–H groups in total. The van der Waals surface area contributed by atoms with Gasteiger partial charge in [-0.25, -0.2) is 0 Å². The average molecular weight is 833 g/mol. The minimum absolute atomic E-state index is 0.00863. The Bertz CT molecular complexity index is 1060. The highest BCUT2D eigenvalue weighted by atomic mass is 16.5. The van der Waals surface area contributed by atoms with E-state index in [1.54, 1.807) is 7.11 Å². The lowest BCUT2D eigenvalue weighted by Gasteiger charge is -2.12. The van der Waals surface area contributed by atoms with Crippen LogP contribution in [-0.4, -0.2) is 138 Å². The van der Waals surface area contributed by atoms with Gasteiger partial charge in [-0.15, -0.1) is 0 Å². The molecule has 16 nitrogen and oxygen atoms in total. The van der Waals surface area contributed by atoms with E-state index in [1.807, 2.05) is 0 Å². The molecular weight excluding hydrogens is 756 g/mol. The van der Waals surface area contributed by atoms with Crippen molar-refractivity contribution in [1.29, 1.82) is 0 Å². The maximum atomic E-state index is 12.4. The first kappa shape index (κ1) is 55.0. The zero-order chi connectivity index (χ0) is 42.7. The Morgan fingerprint density at radius 2 is 0.897 bits per heavy atom. The summed E-state index contributed by atoms with van der Waals surface area (Å²) in [5.41, 5.74) is 0. The molecule has 0 spiro atoms. The summed E-state index contributed by atoms with van der Waals surface area (Å²) in [5, 5.41) is 23.6. The van der Waals surface area contributed by atoms with E-state index in [9.17, 15) is 33.9 Å². The van der Waals surface area contributed by atoms with E-state index in [0.717, 1.165) is 44.9 Å². The zero-order valence-corrected chi connectivity index (χ0v) is 35.4. The van der Waals surface area contributed by atoms with Crippen molar-refractivity contribution < 1.29 is 67.4 Å². The van der Waals surface area contributed by atoms with Gasteiger partial charge in [0.05, 0.1) is 58.8 Å². The SMILES string of the molecule is COCCOCCNC(=O)COCCOCCCC(=O)COCCOCCNC(=O)CC[C@H](CC(=O)CCCCCCCCCCCCCCCCC(=O)O)C(=O)O. The van der Waals surface area contributed by atoms with Gasteiger partial charge in [0, 0.05) is 58.9 Å². The van der Waals surface area contributed by atoms with Crippen LogP contribution in [0.2, 0.25) is 0 Å². The number of unbranched alkanes of at least 4 members (excludes halogenated alkanes) is 13. The predicted octanol–water partition coefficient (Wildman–Crippen LogP) is 5.06. The molecule has 0 saturated heterocycles. The van der Waals surface area contributed by atoms with E-state index in [4.69, 9.17) is 33.5 Å². The van der Waals surface area contributed by atoms with E-state index < -0.39 is 17.9 Å². The molecule has 0 aromatic heterocycles. The number of carboxylic acid groups (broad SMARTS) is 2. The van der Waals surface area contributed by atoms with Gasteiger partial charge in [0.25, 0.3) is 0 Å². The molecule has 0 fully saturated rings. The maximum absolute atomic E-state index is 12.4. The standard InChI is InChI=1S/C42H76N2O14/c1-53-27-28-55-26-23-44-40(48)35-58-32-29-54-24-16-18-38(46)34-57-31-30-56-25-22-43-39(47)21-20-36(42(51)52)33-37(45)17-14-12-10-8-6-4-2-3-5-7-9-11-13-15-19-41(49)50/h36H,2-35H2,1H3,(H,43,47)(H,44,48)(H,49,50)(H,51,52)/t36-/m1/s1. The molecule has 0 aromatic carbocycles. The molecule has 0 aromatic rings. The molecule has 2 amide bonds. The molecule has 0 heterocycles.